The van der Waals surface area contributed by atoms with Crippen molar-refractivity contribution in [3.63, 3.8) is 0 Å². The fourth-order valence-corrected chi connectivity index (χ4v) is 0.582. The third kappa shape index (κ3) is 3.13. The van der Waals surface area contributed by atoms with Crippen LogP contribution in [0, 0.1) is 5.41 Å². The molecule has 0 aromatic rings. The second-order valence-electron chi connectivity index (χ2n) is 2.99. The maximum atomic E-state index is 5.49. The van der Waals surface area contributed by atoms with Crippen molar-refractivity contribution in [3.8, 4) is 0 Å². The van der Waals surface area contributed by atoms with Crippen molar-refractivity contribution in [2.45, 2.75) is 20.3 Å². The van der Waals surface area contributed by atoms with Gasteiger partial charge in [0.15, 0.2) is 0 Å². The maximum Gasteiger partial charge on any atom is 0.0785 e. The van der Waals surface area contributed by atoms with Crippen LogP contribution in [0.4, 0.5) is 0 Å². The Balaban J connectivity index is 3.75. The summed E-state index contributed by atoms with van der Waals surface area (Å²) >= 11 is 4.87. The number of thiocarbonyl (C=S) groups is 1. The molecule has 0 fully saturated rings. The number of nitrogens with two attached hydrogens (primary N) is 1. The zero-order chi connectivity index (χ0) is 8.20. The van der Waals surface area contributed by atoms with Crippen LogP contribution in [0.5, 0.6) is 0 Å². The predicted octanol–water partition coefficient (Wildman–Crippen LogP) is 1.34. The first-order chi connectivity index (χ1) is 4.50. The Labute approximate surface area is 67.7 Å². The van der Waals surface area contributed by atoms with E-state index >= 15 is 0 Å². The molecule has 0 aromatic heterocycles. The molecule has 0 bridgehead atoms. The SMILES string of the molecule is COCCC(C)(C)C(N)=S. The molecule has 0 saturated carbocycles. The van der Waals surface area contributed by atoms with Crippen LogP contribution >= 0.6 is 12.2 Å². The number of rotatable bonds is 4. The van der Waals surface area contributed by atoms with Gasteiger partial charge in [0.05, 0.1) is 4.99 Å². The third-order valence-corrected chi connectivity index (χ3v) is 2.15. The zero-order valence-corrected chi connectivity index (χ0v) is 7.62. The zero-order valence-electron chi connectivity index (χ0n) is 6.81. The first kappa shape index (κ1) is 9.85. The van der Waals surface area contributed by atoms with Crippen molar-refractivity contribution >= 4 is 17.2 Å². The number of ether oxygens (including phenoxy) is 1. The topological polar surface area (TPSA) is 35.2 Å². The molecule has 0 aliphatic carbocycles. The normalized spacial score (nSPS) is 11.5. The van der Waals surface area contributed by atoms with Gasteiger partial charge in [-0.15, -0.1) is 0 Å². The molecule has 3 heteroatoms. The van der Waals surface area contributed by atoms with Crippen LogP contribution in [0.2, 0.25) is 0 Å². The van der Waals surface area contributed by atoms with E-state index < -0.39 is 0 Å². The molecule has 0 aliphatic heterocycles. The van der Waals surface area contributed by atoms with E-state index in [1.54, 1.807) is 7.11 Å². The fraction of sp³-hybridized carbons (Fsp3) is 0.857. The second kappa shape index (κ2) is 3.88. The van der Waals surface area contributed by atoms with Gasteiger partial charge in [-0.1, -0.05) is 26.1 Å². The Morgan fingerprint density at radius 3 is 2.40 bits per heavy atom. The van der Waals surface area contributed by atoms with Crippen LogP contribution in [0.15, 0.2) is 0 Å². The van der Waals surface area contributed by atoms with Gasteiger partial charge >= 0.3 is 0 Å². The third-order valence-electron chi connectivity index (χ3n) is 1.60. The van der Waals surface area contributed by atoms with Gasteiger partial charge < -0.3 is 10.5 Å². The predicted molar refractivity (Wildman–Crippen MR) is 47.1 cm³/mol. The van der Waals surface area contributed by atoms with E-state index in [1.165, 1.54) is 0 Å². The van der Waals surface area contributed by atoms with Gasteiger partial charge in [0.1, 0.15) is 0 Å². The average Bonchev–Trinajstić information content (AvgIpc) is 1.84. The van der Waals surface area contributed by atoms with Crippen molar-refractivity contribution in [2.24, 2.45) is 11.1 Å². The summed E-state index contributed by atoms with van der Waals surface area (Å²) in [4.78, 5) is 0.560. The van der Waals surface area contributed by atoms with Crippen molar-refractivity contribution in [2.75, 3.05) is 13.7 Å². The molecule has 0 radical (unpaired) electrons. The largest absolute Gasteiger partial charge is 0.393 e. The van der Waals surface area contributed by atoms with E-state index in [2.05, 4.69) is 0 Å². The van der Waals surface area contributed by atoms with Gasteiger partial charge in [-0.3, -0.25) is 0 Å². The van der Waals surface area contributed by atoms with E-state index in [4.69, 9.17) is 22.7 Å². The van der Waals surface area contributed by atoms with Gasteiger partial charge in [0, 0.05) is 19.1 Å². The highest BCUT2D eigenvalue weighted by Crippen LogP contribution is 2.19. The van der Waals surface area contributed by atoms with Crippen molar-refractivity contribution in [1.29, 1.82) is 0 Å². The summed E-state index contributed by atoms with van der Waals surface area (Å²) in [5.41, 5.74) is 5.42. The van der Waals surface area contributed by atoms with Crippen LogP contribution in [0.3, 0.4) is 0 Å². The molecular formula is C7H15NOS. The first-order valence-electron chi connectivity index (χ1n) is 3.29. The lowest BCUT2D eigenvalue weighted by Gasteiger charge is -2.21. The molecular weight excluding hydrogens is 146 g/mol. The van der Waals surface area contributed by atoms with E-state index in [1.807, 2.05) is 13.8 Å². The summed E-state index contributed by atoms with van der Waals surface area (Å²) in [6.45, 7) is 4.76. The Bertz CT molecular complexity index is 123. The molecule has 0 unspecified atom stereocenters. The van der Waals surface area contributed by atoms with Crippen LogP contribution in [0.1, 0.15) is 20.3 Å². The van der Waals surface area contributed by atoms with Crippen LogP contribution < -0.4 is 5.73 Å². The fourth-order valence-electron chi connectivity index (χ4n) is 0.480. The van der Waals surface area contributed by atoms with E-state index in [-0.39, 0.29) is 5.41 Å². The quantitative estimate of drug-likeness (QED) is 0.632. The second-order valence-corrected chi connectivity index (χ2v) is 3.43. The molecule has 0 rings (SSSR count). The number of methoxy groups -OCH3 is 1. The molecule has 0 spiro atoms. The maximum absolute atomic E-state index is 5.49. The van der Waals surface area contributed by atoms with E-state index in [0.717, 1.165) is 6.42 Å². The minimum Gasteiger partial charge on any atom is -0.393 e. The Morgan fingerprint density at radius 2 is 2.10 bits per heavy atom. The summed E-state index contributed by atoms with van der Waals surface area (Å²) in [6, 6.07) is 0. The smallest absolute Gasteiger partial charge is 0.0785 e. The Hall–Kier alpha value is -0.150. The lowest BCUT2D eigenvalue weighted by molar-refractivity contribution is 0.173. The van der Waals surface area contributed by atoms with Gasteiger partial charge in [0.2, 0.25) is 0 Å². The monoisotopic (exact) mass is 161 g/mol. The van der Waals surface area contributed by atoms with Gasteiger partial charge in [-0.2, -0.15) is 0 Å². The van der Waals surface area contributed by atoms with Crippen LogP contribution in [-0.2, 0) is 4.74 Å². The lowest BCUT2D eigenvalue weighted by Crippen LogP contribution is -2.30. The summed E-state index contributed by atoms with van der Waals surface area (Å²) in [5.74, 6) is 0. The van der Waals surface area contributed by atoms with Crippen LogP contribution in [-0.4, -0.2) is 18.7 Å². The van der Waals surface area contributed by atoms with Crippen molar-refractivity contribution < 1.29 is 4.74 Å². The summed E-state index contributed by atoms with van der Waals surface area (Å²) in [5, 5.41) is 0. The number of hydrogen-bond acceptors (Lipinski definition) is 2. The highest BCUT2D eigenvalue weighted by molar-refractivity contribution is 7.80. The van der Waals surface area contributed by atoms with Gasteiger partial charge in [0.25, 0.3) is 0 Å². The lowest BCUT2D eigenvalue weighted by atomic mass is 9.90. The summed E-state index contributed by atoms with van der Waals surface area (Å²) in [7, 11) is 1.68. The molecule has 0 saturated heterocycles. The molecule has 0 atom stereocenters. The Morgan fingerprint density at radius 1 is 1.60 bits per heavy atom. The number of hydrogen-bond donors (Lipinski definition) is 1. The van der Waals surface area contributed by atoms with Gasteiger partial charge in [-0.05, 0) is 6.42 Å². The molecule has 0 heterocycles. The molecule has 0 aliphatic rings. The highest BCUT2D eigenvalue weighted by Gasteiger charge is 2.20. The average molecular weight is 161 g/mol. The van der Waals surface area contributed by atoms with Gasteiger partial charge in [-0.25, -0.2) is 0 Å². The molecule has 60 valence electrons. The van der Waals surface area contributed by atoms with E-state index in [0.29, 0.717) is 11.6 Å². The standard InChI is InChI=1S/C7H15NOS/c1-7(2,6(8)10)4-5-9-3/h4-5H2,1-3H3,(H2,8,10). The minimum atomic E-state index is -0.0641. The molecule has 2 N–H and O–H groups in total. The minimum absolute atomic E-state index is 0.0641. The molecule has 0 aromatic carbocycles. The van der Waals surface area contributed by atoms with Crippen molar-refractivity contribution in [3.05, 3.63) is 0 Å². The molecule has 0 amide bonds. The molecule has 2 nitrogen and oxygen atoms in total. The summed E-state index contributed by atoms with van der Waals surface area (Å²) in [6.07, 6.45) is 0.888. The first-order valence-corrected chi connectivity index (χ1v) is 3.70. The van der Waals surface area contributed by atoms with Crippen LogP contribution in [0.25, 0.3) is 0 Å². The Kier molecular flexibility index (Phi) is 3.83. The molecule has 10 heavy (non-hydrogen) atoms. The van der Waals surface area contributed by atoms with Crippen molar-refractivity contribution in [1.82, 2.24) is 0 Å². The highest BCUT2D eigenvalue weighted by atomic mass is 32.1. The summed E-state index contributed by atoms with van der Waals surface area (Å²) < 4.78 is 4.91. The van der Waals surface area contributed by atoms with E-state index in [9.17, 15) is 0 Å².